The van der Waals surface area contributed by atoms with Gasteiger partial charge in [0.15, 0.2) is 17.5 Å². The van der Waals surface area contributed by atoms with Crippen LogP contribution in [0.15, 0.2) is 30.3 Å². The average Bonchev–Trinajstić information content (AvgIpc) is 2.83. The normalized spacial score (nSPS) is 22.4. The summed E-state index contributed by atoms with van der Waals surface area (Å²) in [7, 11) is 0. The van der Waals surface area contributed by atoms with Crippen LogP contribution in [0.1, 0.15) is 64.0 Å². The van der Waals surface area contributed by atoms with Gasteiger partial charge in [-0.05, 0) is 67.2 Å². The molecule has 1 heterocycles. The van der Waals surface area contributed by atoms with Crippen molar-refractivity contribution < 1.29 is 40.2 Å². The molecule has 0 aromatic heterocycles. The van der Waals surface area contributed by atoms with Crippen LogP contribution in [0, 0.1) is 40.9 Å². The van der Waals surface area contributed by atoms with E-state index in [0.29, 0.717) is 36.9 Å². The number of ether oxygens (including phenoxy) is 2. The van der Waals surface area contributed by atoms with Crippen molar-refractivity contribution in [3.05, 3.63) is 70.6 Å². The molecule has 1 saturated heterocycles. The van der Waals surface area contributed by atoms with E-state index in [4.69, 9.17) is 4.74 Å². The molecular weight excluding hydrogens is 489 g/mol. The summed E-state index contributed by atoms with van der Waals surface area (Å²) in [6, 6.07) is 1.89. The Morgan fingerprint density at radius 2 is 1.47 bits per heavy atom. The Kier molecular flexibility index (Phi) is 9.08. The Hall–Kier alpha value is -2.55. The molecule has 36 heavy (non-hydrogen) atoms. The minimum atomic E-state index is -4.61. The monoisotopic (exact) mass is 518 g/mol. The summed E-state index contributed by atoms with van der Waals surface area (Å²) in [6.45, 7) is 6.84. The molecule has 3 unspecified atom stereocenters. The number of halogens is 7. The highest BCUT2D eigenvalue weighted by atomic mass is 19.3. The number of hydrogen-bond acceptors (Lipinski definition) is 2. The zero-order valence-corrected chi connectivity index (χ0v) is 20.3. The molecule has 2 nitrogen and oxygen atoms in total. The molecule has 3 atom stereocenters. The van der Waals surface area contributed by atoms with Crippen LogP contribution in [-0.2, 0) is 10.8 Å². The lowest BCUT2D eigenvalue weighted by molar-refractivity contribution is -0.189. The Morgan fingerprint density at radius 3 is 1.97 bits per heavy atom. The lowest BCUT2D eigenvalue weighted by Crippen LogP contribution is -2.32. The summed E-state index contributed by atoms with van der Waals surface area (Å²) < 4.78 is 108. The van der Waals surface area contributed by atoms with Gasteiger partial charge in [-0.15, -0.1) is 0 Å². The van der Waals surface area contributed by atoms with Gasteiger partial charge < -0.3 is 9.47 Å². The first kappa shape index (κ1) is 28.0. The van der Waals surface area contributed by atoms with Crippen LogP contribution < -0.4 is 4.74 Å². The topological polar surface area (TPSA) is 18.5 Å². The molecule has 1 fully saturated rings. The minimum Gasteiger partial charge on any atom is -0.429 e. The number of allylic oxidation sites excluding steroid dienone is 2. The summed E-state index contributed by atoms with van der Waals surface area (Å²) in [6.07, 6.45) is 1.35. The molecule has 4 rings (SSSR count). The Balaban J connectivity index is 0.00000176. The van der Waals surface area contributed by atoms with E-state index in [9.17, 15) is 30.7 Å². The fourth-order valence-corrected chi connectivity index (χ4v) is 4.56. The van der Waals surface area contributed by atoms with Crippen molar-refractivity contribution in [1.29, 1.82) is 0 Å². The highest BCUT2D eigenvalue weighted by Crippen LogP contribution is 2.40. The van der Waals surface area contributed by atoms with E-state index in [-0.39, 0.29) is 23.8 Å². The molecule has 0 radical (unpaired) electrons. The van der Waals surface area contributed by atoms with E-state index >= 15 is 0 Å². The number of rotatable bonds is 5. The van der Waals surface area contributed by atoms with Crippen LogP contribution >= 0.6 is 0 Å². The number of benzene rings is 2. The second kappa shape index (κ2) is 11.7. The second-order valence-corrected chi connectivity index (χ2v) is 8.95. The largest absolute Gasteiger partial charge is 0.432 e. The molecule has 2 aliphatic rings. The van der Waals surface area contributed by atoms with Gasteiger partial charge in [0, 0.05) is 18.7 Å². The predicted octanol–water partition coefficient (Wildman–Crippen LogP) is 8.54. The van der Waals surface area contributed by atoms with Gasteiger partial charge in [0.05, 0.1) is 6.10 Å². The molecule has 9 heteroatoms. The number of hydrogen-bond donors (Lipinski definition) is 0. The molecule has 2 aromatic rings. The lowest BCUT2D eigenvalue weighted by atomic mass is 9.80. The lowest BCUT2D eigenvalue weighted by Gasteiger charge is -2.34. The molecule has 1 aliphatic heterocycles. The summed E-state index contributed by atoms with van der Waals surface area (Å²) in [5, 5.41) is 0. The maximum Gasteiger partial charge on any atom is 0.432 e. The molecule has 198 valence electrons. The van der Waals surface area contributed by atoms with Crippen LogP contribution in [0.2, 0.25) is 0 Å². The first-order chi connectivity index (χ1) is 17.0. The minimum absolute atomic E-state index is 0.130. The summed E-state index contributed by atoms with van der Waals surface area (Å²) in [5.41, 5.74) is -0.942. The van der Waals surface area contributed by atoms with Gasteiger partial charge >= 0.3 is 6.11 Å². The SMILES string of the molecule is CC.CC1CCC(C2CC=C(c3cc(F)c(C(F)(F)Oc4cc(F)c(F)c(F)c4)c(F)c3)CC2)OC1. The van der Waals surface area contributed by atoms with Crippen molar-refractivity contribution in [2.24, 2.45) is 11.8 Å². The molecular formula is C27H29F7O2. The third-order valence-corrected chi connectivity index (χ3v) is 6.42. The van der Waals surface area contributed by atoms with Crippen molar-refractivity contribution in [3.63, 3.8) is 0 Å². The van der Waals surface area contributed by atoms with E-state index in [1.165, 1.54) is 0 Å². The van der Waals surface area contributed by atoms with Crippen molar-refractivity contribution in [1.82, 2.24) is 0 Å². The van der Waals surface area contributed by atoms with E-state index in [0.717, 1.165) is 31.4 Å². The maximum absolute atomic E-state index is 14.6. The fraction of sp³-hybridized carbons (Fsp3) is 0.481. The second-order valence-electron chi connectivity index (χ2n) is 8.95. The first-order valence-corrected chi connectivity index (χ1v) is 12.1. The average molecular weight is 519 g/mol. The Labute approximate surface area is 206 Å². The summed E-state index contributed by atoms with van der Waals surface area (Å²) in [5.74, 6) is -8.89. The molecule has 0 amide bonds. The molecule has 1 aliphatic carbocycles. The van der Waals surface area contributed by atoms with E-state index in [1.54, 1.807) is 0 Å². The molecule has 2 aromatic carbocycles. The van der Waals surface area contributed by atoms with Crippen LogP contribution in [0.3, 0.4) is 0 Å². The van der Waals surface area contributed by atoms with Crippen molar-refractivity contribution in [3.8, 4) is 5.75 Å². The van der Waals surface area contributed by atoms with Gasteiger partial charge in [-0.1, -0.05) is 26.8 Å². The molecule has 0 bridgehead atoms. The smallest absolute Gasteiger partial charge is 0.429 e. The molecule has 0 spiro atoms. The van der Waals surface area contributed by atoms with E-state index in [1.807, 2.05) is 19.9 Å². The van der Waals surface area contributed by atoms with Crippen LogP contribution in [0.4, 0.5) is 30.7 Å². The van der Waals surface area contributed by atoms with Crippen molar-refractivity contribution >= 4 is 5.57 Å². The van der Waals surface area contributed by atoms with Gasteiger partial charge in [0.1, 0.15) is 22.9 Å². The van der Waals surface area contributed by atoms with E-state index in [2.05, 4.69) is 11.7 Å². The van der Waals surface area contributed by atoms with Crippen molar-refractivity contribution in [2.45, 2.75) is 65.1 Å². The zero-order valence-electron chi connectivity index (χ0n) is 20.3. The van der Waals surface area contributed by atoms with Crippen LogP contribution in [0.5, 0.6) is 5.75 Å². The van der Waals surface area contributed by atoms with Crippen LogP contribution in [-0.4, -0.2) is 12.7 Å². The third kappa shape index (κ3) is 6.22. The molecule has 0 N–H and O–H groups in total. The standard InChI is InChI=1S/C25H23F7O2.C2H6/c1-13-2-7-22(33-12-13)15-5-3-14(4-6-15)16-8-18(26)23(19(27)9-16)25(31,32)34-17-10-20(28)24(30)21(29)11-17;1-2/h3,8-11,13,15,22H,2,4-7,12H2,1H3;1-2H3. The van der Waals surface area contributed by atoms with Gasteiger partial charge in [-0.2, -0.15) is 8.78 Å². The Morgan fingerprint density at radius 1 is 0.861 bits per heavy atom. The highest BCUT2D eigenvalue weighted by molar-refractivity contribution is 5.67. The maximum atomic E-state index is 14.6. The zero-order chi connectivity index (χ0) is 26.6. The highest BCUT2D eigenvalue weighted by Gasteiger charge is 2.42. The predicted molar refractivity (Wildman–Crippen MR) is 122 cm³/mol. The van der Waals surface area contributed by atoms with Crippen molar-refractivity contribution in [2.75, 3.05) is 6.61 Å². The third-order valence-electron chi connectivity index (χ3n) is 6.42. The molecule has 0 saturated carbocycles. The van der Waals surface area contributed by atoms with Gasteiger partial charge in [-0.3, -0.25) is 0 Å². The van der Waals surface area contributed by atoms with Gasteiger partial charge in [0.2, 0.25) is 0 Å². The fourth-order valence-electron chi connectivity index (χ4n) is 4.56. The quantitative estimate of drug-likeness (QED) is 0.292. The summed E-state index contributed by atoms with van der Waals surface area (Å²) in [4.78, 5) is 0. The van der Waals surface area contributed by atoms with E-state index < -0.39 is 46.5 Å². The Bertz CT molecular complexity index is 1050. The number of alkyl halides is 2. The van der Waals surface area contributed by atoms with Gasteiger partial charge in [0.25, 0.3) is 0 Å². The first-order valence-electron chi connectivity index (χ1n) is 12.1. The van der Waals surface area contributed by atoms with Crippen LogP contribution in [0.25, 0.3) is 5.57 Å². The summed E-state index contributed by atoms with van der Waals surface area (Å²) >= 11 is 0. The van der Waals surface area contributed by atoms with Gasteiger partial charge in [-0.25, -0.2) is 22.0 Å².